The van der Waals surface area contributed by atoms with Crippen molar-refractivity contribution in [3.63, 3.8) is 0 Å². The second kappa shape index (κ2) is 8.14. The Labute approximate surface area is 142 Å². The van der Waals surface area contributed by atoms with Gasteiger partial charge in [-0.15, -0.1) is 0 Å². The molecule has 1 aliphatic rings. The zero-order valence-corrected chi connectivity index (χ0v) is 14.9. The molecule has 0 aromatic carbocycles. The van der Waals surface area contributed by atoms with E-state index in [1.165, 1.54) is 0 Å². The van der Waals surface area contributed by atoms with Crippen LogP contribution in [0.25, 0.3) is 0 Å². The quantitative estimate of drug-likeness (QED) is 0.492. The molecule has 134 valence electrons. The fraction of sp³-hybridized carbons (Fsp3) is 0.688. The highest BCUT2D eigenvalue weighted by atomic mass is 16.6. The van der Waals surface area contributed by atoms with E-state index in [-0.39, 0.29) is 12.5 Å². The number of hydrogen-bond donors (Lipinski definition) is 1. The van der Waals surface area contributed by atoms with E-state index in [0.717, 1.165) is 44.4 Å². The zero-order valence-electron chi connectivity index (χ0n) is 14.9. The highest BCUT2D eigenvalue weighted by Crippen LogP contribution is 2.08. The molecule has 0 atom stereocenters. The van der Waals surface area contributed by atoms with Gasteiger partial charge in [0.25, 0.3) is 0 Å². The summed E-state index contributed by atoms with van der Waals surface area (Å²) in [5.74, 6) is 0.440. The molecule has 1 fully saturated rings. The number of hydrogen-bond acceptors (Lipinski definition) is 6. The summed E-state index contributed by atoms with van der Waals surface area (Å²) in [6.45, 7) is 9.95. The third-order valence-corrected chi connectivity index (χ3v) is 3.57. The van der Waals surface area contributed by atoms with Gasteiger partial charge in [0.15, 0.2) is 5.96 Å². The Balaban J connectivity index is 1.75. The number of aliphatic imine (C=N–C) groups is 1. The molecule has 0 unspecified atom stereocenters. The lowest BCUT2D eigenvalue weighted by Crippen LogP contribution is -2.53. The first kappa shape index (κ1) is 18.3. The molecule has 0 radical (unpaired) electrons. The summed E-state index contributed by atoms with van der Waals surface area (Å²) in [5, 5.41) is 7.02. The lowest BCUT2D eigenvalue weighted by molar-refractivity contribution is -0.153. The lowest BCUT2D eigenvalue weighted by Gasteiger charge is -2.36. The van der Waals surface area contributed by atoms with Crippen molar-refractivity contribution >= 4 is 11.9 Å². The van der Waals surface area contributed by atoms with E-state index in [2.05, 4.69) is 25.3 Å². The zero-order chi connectivity index (χ0) is 17.6. The number of piperazine rings is 1. The predicted molar refractivity (Wildman–Crippen MR) is 90.6 cm³/mol. The number of esters is 1. The molecule has 1 aliphatic heterocycles. The molecule has 1 saturated heterocycles. The summed E-state index contributed by atoms with van der Waals surface area (Å²) in [5.41, 5.74) is 0.463. The van der Waals surface area contributed by atoms with Crippen LogP contribution in [0.5, 0.6) is 0 Å². The Bertz CT molecular complexity index is 543. The van der Waals surface area contributed by atoms with Crippen molar-refractivity contribution in [2.24, 2.45) is 4.99 Å². The molecule has 2 heterocycles. The number of rotatable bonds is 4. The molecule has 0 amide bonds. The normalized spacial score (nSPS) is 17.0. The molecule has 8 nitrogen and oxygen atoms in total. The smallest absolute Gasteiger partial charge is 0.325 e. The van der Waals surface area contributed by atoms with Crippen molar-refractivity contribution in [1.82, 2.24) is 20.3 Å². The van der Waals surface area contributed by atoms with Crippen molar-refractivity contribution in [2.45, 2.75) is 32.9 Å². The van der Waals surface area contributed by atoms with Gasteiger partial charge in [-0.1, -0.05) is 5.16 Å². The largest absolute Gasteiger partial charge is 0.459 e. The molecule has 8 heteroatoms. The highest BCUT2D eigenvalue weighted by molar-refractivity contribution is 5.84. The molecule has 2 rings (SSSR count). The van der Waals surface area contributed by atoms with Crippen LogP contribution < -0.4 is 5.32 Å². The fourth-order valence-electron chi connectivity index (χ4n) is 2.53. The molecule has 0 aliphatic carbocycles. The molecular weight excluding hydrogens is 310 g/mol. The summed E-state index contributed by atoms with van der Waals surface area (Å²) in [6.07, 6.45) is 1.59. The van der Waals surface area contributed by atoms with Gasteiger partial charge in [0.05, 0.1) is 5.69 Å². The molecule has 1 N–H and O–H groups in total. The maximum Gasteiger partial charge on any atom is 0.325 e. The van der Waals surface area contributed by atoms with Gasteiger partial charge in [-0.3, -0.25) is 14.7 Å². The topological polar surface area (TPSA) is 83.2 Å². The fourth-order valence-corrected chi connectivity index (χ4v) is 2.53. The minimum Gasteiger partial charge on any atom is -0.459 e. The number of nitrogens with one attached hydrogen (secondary N) is 1. The van der Waals surface area contributed by atoms with Gasteiger partial charge >= 0.3 is 5.97 Å². The van der Waals surface area contributed by atoms with E-state index in [4.69, 9.17) is 9.26 Å². The van der Waals surface area contributed by atoms with Crippen LogP contribution in [-0.4, -0.2) is 72.3 Å². The Morgan fingerprint density at radius 3 is 2.62 bits per heavy atom. The molecule has 0 bridgehead atoms. The summed E-state index contributed by atoms with van der Waals surface area (Å²) in [6, 6.07) is 1.88. The van der Waals surface area contributed by atoms with E-state index in [1.54, 1.807) is 13.3 Å². The molecular formula is C16H27N5O3. The van der Waals surface area contributed by atoms with E-state index in [0.29, 0.717) is 0 Å². The number of ether oxygens (including phenoxy) is 1. The summed E-state index contributed by atoms with van der Waals surface area (Å²) < 4.78 is 10.2. The number of aromatic nitrogens is 1. The second-order valence-electron chi connectivity index (χ2n) is 6.74. The van der Waals surface area contributed by atoms with Crippen LogP contribution in [0.2, 0.25) is 0 Å². The van der Waals surface area contributed by atoms with Gasteiger partial charge in [-0.05, 0) is 20.8 Å². The van der Waals surface area contributed by atoms with Crippen LogP contribution in [0.4, 0.5) is 0 Å². The first-order valence-corrected chi connectivity index (χ1v) is 8.16. The maximum atomic E-state index is 11.8. The standard InChI is InChI=1S/C16H27N5O3/c1-16(2,3)24-14(22)11-18-15(17-4)21-8-6-20(7-9-21)12-13-5-10-23-19-13/h5,10H,6-9,11-12H2,1-4H3,(H,17,18). The summed E-state index contributed by atoms with van der Waals surface area (Å²) >= 11 is 0. The van der Waals surface area contributed by atoms with E-state index in [9.17, 15) is 4.79 Å². The van der Waals surface area contributed by atoms with Gasteiger partial charge < -0.3 is 19.5 Å². The van der Waals surface area contributed by atoms with Crippen molar-refractivity contribution in [2.75, 3.05) is 39.8 Å². The van der Waals surface area contributed by atoms with Gasteiger partial charge in [-0.25, -0.2) is 0 Å². The molecule has 0 spiro atoms. The number of guanidine groups is 1. The van der Waals surface area contributed by atoms with Crippen LogP contribution in [-0.2, 0) is 16.1 Å². The van der Waals surface area contributed by atoms with Crippen molar-refractivity contribution in [1.29, 1.82) is 0 Å². The molecule has 1 aromatic heterocycles. The maximum absolute atomic E-state index is 11.8. The van der Waals surface area contributed by atoms with Gasteiger partial charge in [0, 0.05) is 45.8 Å². The predicted octanol–water partition coefficient (Wildman–Crippen LogP) is 0.709. The van der Waals surface area contributed by atoms with Crippen molar-refractivity contribution < 1.29 is 14.1 Å². The highest BCUT2D eigenvalue weighted by Gasteiger charge is 2.21. The Morgan fingerprint density at radius 2 is 2.08 bits per heavy atom. The molecule has 24 heavy (non-hydrogen) atoms. The van der Waals surface area contributed by atoms with Crippen LogP contribution in [0.3, 0.4) is 0 Å². The minimum absolute atomic E-state index is 0.114. The SMILES string of the molecule is CN=C(NCC(=O)OC(C)(C)C)N1CCN(Cc2ccon2)CC1. The van der Waals surface area contributed by atoms with Crippen molar-refractivity contribution in [3.05, 3.63) is 18.0 Å². The summed E-state index contributed by atoms with van der Waals surface area (Å²) in [4.78, 5) is 20.5. The Kier molecular flexibility index (Phi) is 6.19. The average molecular weight is 337 g/mol. The van der Waals surface area contributed by atoms with Gasteiger partial charge in [0.1, 0.15) is 18.4 Å². The second-order valence-corrected chi connectivity index (χ2v) is 6.74. The van der Waals surface area contributed by atoms with Gasteiger partial charge in [-0.2, -0.15) is 0 Å². The number of carbonyl (C=O) groups is 1. The Hall–Kier alpha value is -2.09. The minimum atomic E-state index is -0.477. The van der Waals surface area contributed by atoms with Crippen molar-refractivity contribution in [3.8, 4) is 0 Å². The third-order valence-electron chi connectivity index (χ3n) is 3.57. The van der Waals surface area contributed by atoms with Crippen LogP contribution >= 0.6 is 0 Å². The van der Waals surface area contributed by atoms with Gasteiger partial charge in [0.2, 0.25) is 0 Å². The van der Waals surface area contributed by atoms with E-state index >= 15 is 0 Å². The number of nitrogens with zero attached hydrogens (tertiary/aromatic N) is 4. The van der Waals surface area contributed by atoms with E-state index < -0.39 is 5.60 Å². The molecule has 1 aromatic rings. The summed E-state index contributed by atoms with van der Waals surface area (Å²) in [7, 11) is 1.72. The average Bonchev–Trinajstić information content (AvgIpc) is 3.00. The van der Waals surface area contributed by atoms with Crippen LogP contribution in [0, 0.1) is 0 Å². The number of carbonyl (C=O) groups excluding carboxylic acids is 1. The van der Waals surface area contributed by atoms with Crippen LogP contribution in [0.1, 0.15) is 26.5 Å². The third kappa shape index (κ3) is 5.84. The first-order chi connectivity index (χ1) is 11.4. The first-order valence-electron chi connectivity index (χ1n) is 8.16. The monoisotopic (exact) mass is 337 g/mol. The van der Waals surface area contributed by atoms with Crippen LogP contribution in [0.15, 0.2) is 21.8 Å². The Morgan fingerprint density at radius 1 is 1.38 bits per heavy atom. The lowest BCUT2D eigenvalue weighted by atomic mass is 10.2. The molecule has 0 saturated carbocycles. The van der Waals surface area contributed by atoms with E-state index in [1.807, 2.05) is 26.8 Å².